The van der Waals surface area contributed by atoms with Gasteiger partial charge in [0.2, 0.25) is 0 Å². The number of amides is 1. The first kappa shape index (κ1) is 17.6. The van der Waals surface area contributed by atoms with Crippen LogP contribution in [0.25, 0.3) is 22.0 Å². The Bertz CT molecular complexity index is 1170. The molecule has 5 rings (SSSR count). The van der Waals surface area contributed by atoms with E-state index in [0.717, 1.165) is 29.5 Å². The van der Waals surface area contributed by atoms with Gasteiger partial charge in [-0.05, 0) is 42.3 Å². The lowest BCUT2D eigenvalue weighted by Crippen LogP contribution is -2.29. The molecule has 2 aromatic carbocycles. The lowest BCUT2D eigenvalue weighted by Gasteiger charge is -2.17. The summed E-state index contributed by atoms with van der Waals surface area (Å²) in [7, 11) is 0. The third-order valence-electron chi connectivity index (χ3n) is 5.51. The summed E-state index contributed by atoms with van der Waals surface area (Å²) in [5.41, 5.74) is 3.21. The number of likely N-dealkylation sites (tertiary alicyclic amines) is 1. The number of hydrogen-bond donors (Lipinski definition) is 0. The Hall–Kier alpha value is -3.54. The van der Waals surface area contributed by atoms with Gasteiger partial charge < -0.3 is 9.47 Å². The van der Waals surface area contributed by atoms with Crippen molar-refractivity contribution in [1.29, 1.82) is 0 Å². The normalized spacial score (nSPS) is 16.4. The summed E-state index contributed by atoms with van der Waals surface area (Å²) in [6.45, 7) is 1.44. The number of rotatable bonds is 3. The van der Waals surface area contributed by atoms with Crippen molar-refractivity contribution in [2.75, 3.05) is 13.1 Å². The molecule has 1 aliphatic rings. The highest BCUT2D eigenvalue weighted by molar-refractivity contribution is 5.95. The molecular formula is C23H19FN4O. The van der Waals surface area contributed by atoms with Gasteiger partial charge in [0, 0.05) is 54.3 Å². The lowest BCUT2D eigenvalue weighted by atomic mass is 10.0. The molecule has 1 amide bonds. The summed E-state index contributed by atoms with van der Waals surface area (Å²) >= 11 is 0. The van der Waals surface area contributed by atoms with Crippen LogP contribution in [0.3, 0.4) is 0 Å². The third kappa shape index (κ3) is 3.38. The van der Waals surface area contributed by atoms with Crippen LogP contribution in [0, 0.1) is 5.82 Å². The molecule has 6 heteroatoms. The Morgan fingerprint density at radius 1 is 1.07 bits per heavy atom. The van der Waals surface area contributed by atoms with Gasteiger partial charge in [-0.15, -0.1) is 0 Å². The van der Waals surface area contributed by atoms with E-state index in [9.17, 15) is 9.18 Å². The Labute approximate surface area is 167 Å². The molecule has 0 saturated carbocycles. The van der Waals surface area contributed by atoms with Crippen molar-refractivity contribution in [1.82, 2.24) is 19.4 Å². The van der Waals surface area contributed by atoms with Crippen molar-refractivity contribution in [3.63, 3.8) is 0 Å². The minimum atomic E-state index is -0.294. The minimum Gasteiger partial charge on any atom is -0.336 e. The Kier molecular flexibility index (Phi) is 4.31. The van der Waals surface area contributed by atoms with Crippen molar-refractivity contribution >= 4 is 16.8 Å². The summed E-state index contributed by atoms with van der Waals surface area (Å²) in [6, 6.07) is 14.4. The predicted octanol–water partition coefficient (Wildman–Crippen LogP) is 4.32. The molecule has 1 unspecified atom stereocenters. The SMILES string of the molecule is O=C(c1ccc(-c2cnc3cc(F)ccc3c2)cc1)N1CCC(n2ccnc2)C1. The van der Waals surface area contributed by atoms with Gasteiger partial charge in [-0.2, -0.15) is 0 Å². The standard InChI is InChI=1S/C23H19FN4O/c24-20-6-5-18-11-19(13-26-22(18)12-20)16-1-3-17(4-2-16)23(29)27-9-7-21(14-27)28-10-8-25-15-28/h1-6,8,10-13,15,21H,7,9,14H2. The van der Waals surface area contributed by atoms with Crippen molar-refractivity contribution in [3.8, 4) is 11.1 Å². The number of halogens is 1. The molecule has 2 aromatic heterocycles. The first-order valence-corrected chi connectivity index (χ1v) is 9.60. The zero-order valence-corrected chi connectivity index (χ0v) is 15.7. The quantitative estimate of drug-likeness (QED) is 0.527. The Balaban J connectivity index is 1.33. The average Bonchev–Trinajstić information content (AvgIpc) is 3.45. The van der Waals surface area contributed by atoms with Crippen LogP contribution in [0.4, 0.5) is 4.39 Å². The highest BCUT2D eigenvalue weighted by atomic mass is 19.1. The number of carbonyl (C=O) groups is 1. The highest BCUT2D eigenvalue weighted by Crippen LogP contribution is 2.26. The molecule has 1 saturated heterocycles. The molecule has 0 spiro atoms. The number of nitrogens with zero attached hydrogens (tertiary/aromatic N) is 4. The maximum atomic E-state index is 13.3. The van der Waals surface area contributed by atoms with Crippen molar-refractivity contribution in [3.05, 3.63) is 84.8 Å². The summed E-state index contributed by atoms with van der Waals surface area (Å²) in [5, 5.41) is 0.881. The van der Waals surface area contributed by atoms with E-state index >= 15 is 0 Å². The van der Waals surface area contributed by atoms with Gasteiger partial charge in [0.1, 0.15) is 5.82 Å². The van der Waals surface area contributed by atoms with Crippen LogP contribution in [0.1, 0.15) is 22.8 Å². The minimum absolute atomic E-state index is 0.0475. The molecule has 29 heavy (non-hydrogen) atoms. The lowest BCUT2D eigenvalue weighted by molar-refractivity contribution is 0.0787. The number of pyridine rings is 1. The van der Waals surface area contributed by atoms with Gasteiger partial charge in [-0.25, -0.2) is 9.37 Å². The molecule has 0 bridgehead atoms. The number of hydrogen-bond acceptors (Lipinski definition) is 3. The Morgan fingerprint density at radius 2 is 1.93 bits per heavy atom. The monoisotopic (exact) mass is 386 g/mol. The van der Waals surface area contributed by atoms with E-state index in [0.29, 0.717) is 17.6 Å². The zero-order valence-electron chi connectivity index (χ0n) is 15.7. The van der Waals surface area contributed by atoms with E-state index in [4.69, 9.17) is 0 Å². The number of fused-ring (bicyclic) bond motifs is 1. The van der Waals surface area contributed by atoms with Crippen molar-refractivity contribution < 1.29 is 9.18 Å². The molecule has 5 nitrogen and oxygen atoms in total. The van der Waals surface area contributed by atoms with E-state index in [1.807, 2.05) is 41.4 Å². The molecule has 0 aliphatic carbocycles. The predicted molar refractivity (Wildman–Crippen MR) is 109 cm³/mol. The second-order valence-corrected chi connectivity index (χ2v) is 7.34. The molecule has 1 fully saturated rings. The summed E-state index contributed by atoms with van der Waals surface area (Å²) in [6.07, 6.45) is 8.18. The van der Waals surface area contributed by atoms with E-state index in [1.165, 1.54) is 12.1 Å². The van der Waals surface area contributed by atoms with Gasteiger partial charge in [-0.1, -0.05) is 12.1 Å². The highest BCUT2D eigenvalue weighted by Gasteiger charge is 2.27. The fourth-order valence-corrected chi connectivity index (χ4v) is 3.90. The fraction of sp³-hybridized carbons (Fsp3) is 0.174. The third-order valence-corrected chi connectivity index (χ3v) is 5.51. The molecule has 0 N–H and O–H groups in total. The maximum Gasteiger partial charge on any atom is 0.253 e. The summed E-state index contributed by atoms with van der Waals surface area (Å²) in [5.74, 6) is -0.246. The smallest absolute Gasteiger partial charge is 0.253 e. The Morgan fingerprint density at radius 3 is 2.72 bits per heavy atom. The average molecular weight is 386 g/mol. The molecule has 1 aliphatic heterocycles. The van der Waals surface area contributed by atoms with E-state index in [1.54, 1.807) is 24.8 Å². The molecule has 3 heterocycles. The fourth-order valence-electron chi connectivity index (χ4n) is 3.90. The largest absolute Gasteiger partial charge is 0.336 e. The topological polar surface area (TPSA) is 51.0 Å². The van der Waals surface area contributed by atoms with E-state index in [2.05, 4.69) is 14.5 Å². The van der Waals surface area contributed by atoms with E-state index < -0.39 is 0 Å². The molecule has 144 valence electrons. The van der Waals surface area contributed by atoms with Gasteiger partial charge in [0.05, 0.1) is 17.9 Å². The zero-order chi connectivity index (χ0) is 19.8. The van der Waals surface area contributed by atoms with Crippen LogP contribution in [0.5, 0.6) is 0 Å². The van der Waals surface area contributed by atoms with Crippen LogP contribution in [-0.4, -0.2) is 38.4 Å². The van der Waals surface area contributed by atoms with Crippen LogP contribution in [-0.2, 0) is 0 Å². The number of carbonyl (C=O) groups excluding carboxylic acids is 1. The first-order chi connectivity index (χ1) is 14.2. The number of benzene rings is 2. The molecule has 0 radical (unpaired) electrons. The van der Waals surface area contributed by atoms with Crippen LogP contribution in [0.2, 0.25) is 0 Å². The van der Waals surface area contributed by atoms with E-state index in [-0.39, 0.29) is 17.8 Å². The molecular weight excluding hydrogens is 367 g/mol. The van der Waals surface area contributed by atoms with Crippen LogP contribution < -0.4 is 0 Å². The van der Waals surface area contributed by atoms with Gasteiger partial charge in [0.15, 0.2) is 0 Å². The summed E-state index contributed by atoms with van der Waals surface area (Å²) in [4.78, 5) is 23.2. The van der Waals surface area contributed by atoms with Crippen LogP contribution in [0.15, 0.2) is 73.4 Å². The van der Waals surface area contributed by atoms with Crippen LogP contribution >= 0.6 is 0 Å². The first-order valence-electron chi connectivity index (χ1n) is 9.60. The van der Waals surface area contributed by atoms with Gasteiger partial charge in [-0.3, -0.25) is 9.78 Å². The van der Waals surface area contributed by atoms with Crippen molar-refractivity contribution in [2.24, 2.45) is 0 Å². The number of aromatic nitrogens is 3. The molecule has 1 atom stereocenters. The second kappa shape index (κ2) is 7.13. The number of imidazole rings is 1. The molecule has 4 aromatic rings. The van der Waals surface area contributed by atoms with Crippen molar-refractivity contribution in [2.45, 2.75) is 12.5 Å². The summed E-state index contributed by atoms with van der Waals surface area (Å²) < 4.78 is 15.4. The second-order valence-electron chi connectivity index (χ2n) is 7.34. The maximum absolute atomic E-state index is 13.3. The van der Waals surface area contributed by atoms with Gasteiger partial charge >= 0.3 is 0 Å². The van der Waals surface area contributed by atoms with Gasteiger partial charge in [0.25, 0.3) is 5.91 Å².